The second-order valence-corrected chi connectivity index (χ2v) is 9.57. The molecule has 7 nitrogen and oxygen atoms in total. The molecule has 0 aliphatic carbocycles. The van der Waals surface area contributed by atoms with Crippen LogP contribution in [0.5, 0.6) is 0 Å². The Morgan fingerprint density at radius 2 is 1.69 bits per heavy atom. The number of nitrogens with zero attached hydrogens (tertiary/aromatic N) is 1. The predicted octanol–water partition coefficient (Wildman–Crippen LogP) is 2.66. The van der Waals surface area contributed by atoms with E-state index in [1.54, 1.807) is 0 Å². The van der Waals surface area contributed by atoms with Crippen LogP contribution in [0.3, 0.4) is 0 Å². The number of carbonyl (C=O) groups is 1. The maximum Gasteiger partial charge on any atom is 0.258 e. The first-order chi connectivity index (χ1) is 14.9. The van der Waals surface area contributed by atoms with Crippen LogP contribution in [0.1, 0.15) is 23.2 Å². The van der Waals surface area contributed by atoms with Crippen LogP contribution in [0.2, 0.25) is 5.02 Å². The van der Waals surface area contributed by atoms with Crippen molar-refractivity contribution in [2.24, 2.45) is 0 Å². The Morgan fingerprint density at radius 3 is 2.25 bits per heavy atom. The monoisotopic (exact) mass is 496 g/mol. The molecule has 2 aromatic rings. The molecule has 1 fully saturated rings. The minimum Gasteiger partial charge on any atom is -0.393 e. The van der Waals surface area contributed by atoms with Crippen molar-refractivity contribution in [1.29, 1.82) is 0 Å². The summed E-state index contributed by atoms with van der Waals surface area (Å²) in [6.07, 6.45) is -0.231. The first kappa shape index (κ1) is 24.4. The summed E-state index contributed by atoms with van der Waals surface area (Å²) in [6, 6.07) is 2.14. The molecule has 0 saturated carbocycles. The fourth-order valence-corrected chi connectivity index (χ4v) is 4.89. The van der Waals surface area contributed by atoms with Gasteiger partial charge in [-0.15, -0.1) is 0 Å². The number of sulfonamides is 1. The molecule has 1 amide bonds. The third-order valence-electron chi connectivity index (χ3n) is 5.07. The minimum atomic E-state index is -4.53. The van der Waals surface area contributed by atoms with Crippen molar-refractivity contribution < 1.29 is 41.0 Å². The number of anilines is 1. The second kappa shape index (κ2) is 8.94. The quantitative estimate of drug-likeness (QED) is 0.436. The predicted molar refractivity (Wildman–Crippen MR) is 106 cm³/mol. The Hall–Kier alpha value is -2.25. The highest BCUT2D eigenvalue weighted by Gasteiger charge is 2.38. The standard InChI is InChI=1S/C19H17ClF4N2O5S/c20-12-5-10(6-15(23)17(12)24)25-18(28)11-7-16(14(22)8-13(11)21)32(30,31)26-3-1-19(29,9-27)2-4-26/h5-8,27,29H,1-4,9H2,(H,25,28). The number of piperidine rings is 1. The topological polar surface area (TPSA) is 107 Å². The van der Waals surface area contributed by atoms with E-state index in [-0.39, 0.29) is 37.7 Å². The largest absolute Gasteiger partial charge is 0.393 e. The smallest absolute Gasteiger partial charge is 0.258 e. The molecule has 0 spiro atoms. The first-order valence-electron chi connectivity index (χ1n) is 9.16. The highest BCUT2D eigenvalue weighted by Crippen LogP contribution is 2.29. The molecule has 0 bridgehead atoms. The third kappa shape index (κ3) is 4.74. The van der Waals surface area contributed by atoms with Crippen LogP contribution in [0.15, 0.2) is 29.2 Å². The van der Waals surface area contributed by atoms with Crippen LogP contribution in [0, 0.1) is 23.3 Å². The van der Waals surface area contributed by atoms with Crippen LogP contribution in [-0.2, 0) is 10.0 Å². The number of aliphatic hydroxyl groups is 2. The van der Waals surface area contributed by atoms with E-state index in [0.717, 1.165) is 10.4 Å². The molecule has 32 heavy (non-hydrogen) atoms. The Bertz CT molecular complexity index is 1150. The van der Waals surface area contributed by atoms with Gasteiger partial charge < -0.3 is 15.5 Å². The van der Waals surface area contributed by atoms with Crippen molar-refractivity contribution in [3.8, 4) is 0 Å². The summed E-state index contributed by atoms with van der Waals surface area (Å²) in [4.78, 5) is 11.4. The zero-order valence-corrected chi connectivity index (χ0v) is 17.8. The molecule has 3 rings (SSSR count). The molecule has 1 saturated heterocycles. The van der Waals surface area contributed by atoms with Gasteiger partial charge in [0.25, 0.3) is 5.91 Å². The number of amides is 1. The van der Waals surface area contributed by atoms with E-state index in [9.17, 15) is 41.0 Å². The molecule has 1 aliphatic heterocycles. The highest BCUT2D eigenvalue weighted by molar-refractivity contribution is 7.89. The van der Waals surface area contributed by atoms with Gasteiger partial charge in [0.05, 0.1) is 22.8 Å². The summed E-state index contributed by atoms with van der Waals surface area (Å²) in [5, 5.41) is 20.6. The molecule has 0 unspecified atom stereocenters. The molecule has 1 aliphatic rings. The third-order valence-corrected chi connectivity index (χ3v) is 7.26. The summed E-state index contributed by atoms with van der Waals surface area (Å²) in [5.74, 6) is -6.84. The van der Waals surface area contributed by atoms with E-state index in [2.05, 4.69) is 0 Å². The molecular weight excluding hydrogens is 480 g/mol. The van der Waals surface area contributed by atoms with Gasteiger partial charge in [0.2, 0.25) is 10.0 Å². The van der Waals surface area contributed by atoms with Gasteiger partial charge in [0, 0.05) is 30.9 Å². The minimum absolute atomic E-state index is 0.115. The van der Waals surface area contributed by atoms with Gasteiger partial charge in [-0.1, -0.05) is 11.6 Å². The van der Waals surface area contributed by atoms with Crippen molar-refractivity contribution in [2.75, 3.05) is 25.0 Å². The Balaban J connectivity index is 1.91. The number of halogens is 5. The number of carbonyl (C=O) groups excluding carboxylic acids is 1. The summed E-state index contributed by atoms with van der Waals surface area (Å²) >= 11 is 5.49. The number of nitrogens with one attached hydrogen (secondary N) is 1. The molecule has 3 N–H and O–H groups in total. The van der Waals surface area contributed by atoms with E-state index < -0.39 is 66.9 Å². The van der Waals surface area contributed by atoms with Gasteiger partial charge in [-0.05, 0) is 25.0 Å². The van der Waals surface area contributed by atoms with Gasteiger partial charge >= 0.3 is 0 Å². The number of rotatable bonds is 5. The van der Waals surface area contributed by atoms with Crippen LogP contribution in [0.4, 0.5) is 23.2 Å². The number of hydrogen-bond acceptors (Lipinski definition) is 5. The summed E-state index contributed by atoms with van der Waals surface area (Å²) in [7, 11) is -4.53. The van der Waals surface area contributed by atoms with Crippen molar-refractivity contribution in [3.63, 3.8) is 0 Å². The average Bonchev–Trinajstić information content (AvgIpc) is 2.72. The average molecular weight is 497 g/mol. The molecular formula is C19H17ClF4N2O5S. The lowest BCUT2D eigenvalue weighted by Crippen LogP contribution is -2.48. The molecule has 0 aromatic heterocycles. The van der Waals surface area contributed by atoms with Crippen molar-refractivity contribution in [2.45, 2.75) is 23.3 Å². The number of benzene rings is 2. The molecule has 0 radical (unpaired) electrons. The highest BCUT2D eigenvalue weighted by atomic mass is 35.5. The van der Waals surface area contributed by atoms with Gasteiger partial charge in [0.15, 0.2) is 11.6 Å². The fraction of sp³-hybridized carbons (Fsp3) is 0.316. The Morgan fingerprint density at radius 1 is 1.06 bits per heavy atom. The lowest BCUT2D eigenvalue weighted by Gasteiger charge is -2.36. The van der Waals surface area contributed by atoms with Crippen LogP contribution >= 0.6 is 11.6 Å². The van der Waals surface area contributed by atoms with Crippen LogP contribution in [0.25, 0.3) is 0 Å². The van der Waals surface area contributed by atoms with E-state index in [1.807, 2.05) is 5.32 Å². The van der Waals surface area contributed by atoms with Gasteiger partial charge in [-0.25, -0.2) is 26.0 Å². The van der Waals surface area contributed by atoms with Crippen LogP contribution in [-0.4, -0.2) is 54.1 Å². The SMILES string of the molecule is O=C(Nc1cc(F)c(F)c(Cl)c1)c1cc(S(=O)(=O)N2CCC(O)(CO)CC2)c(F)cc1F. The van der Waals surface area contributed by atoms with Crippen molar-refractivity contribution in [1.82, 2.24) is 4.31 Å². The molecule has 2 aromatic carbocycles. The number of hydrogen-bond donors (Lipinski definition) is 3. The van der Waals surface area contributed by atoms with E-state index >= 15 is 0 Å². The summed E-state index contributed by atoms with van der Waals surface area (Å²) in [6.45, 7) is -1.07. The maximum atomic E-state index is 14.4. The Labute approximate surface area is 185 Å². The zero-order valence-electron chi connectivity index (χ0n) is 16.2. The normalized spacial score (nSPS) is 16.7. The van der Waals surface area contributed by atoms with E-state index in [0.29, 0.717) is 12.1 Å². The molecule has 1 heterocycles. The lowest BCUT2D eigenvalue weighted by molar-refractivity contribution is -0.0480. The summed E-state index contributed by atoms with van der Waals surface area (Å²) < 4.78 is 81.9. The van der Waals surface area contributed by atoms with Gasteiger partial charge in [-0.3, -0.25) is 4.79 Å². The van der Waals surface area contributed by atoms with E-state index in [1.165, 1.54) is 0 Å². The second-order valence-electron chi connectivity index (χ2n) is 7.26. The maximum absolute atomic E-state index is 14.4. The van der Waals surface area contributed by atoms with Crippen LogP contribution < -0.4 is 5.32 Å². The van der Waals surface area contributed by atoms with Gasteiger partial charge in [-0.2, -0.15) is 4.31 Å². The lowest BCUT2D eigenvalue weighted by atomic mass is 9.94. The summed E-state index contributed by atoms with van der Waals surface area (Å²) in [5.41, 5.74) is -2.68. The zero-order chi connectivity index (χ0) is 23.8. The van der Waals surface area contributed by atoms with Crippen molar-refractivity contribution >= 4 is 33.2 Å². The Kier molecular flexibility index (Phi) is 6.82. The molecule has 13 heteroatoms. The molecule has 174 valence electrons. The number of aliphatic hydroxyl groups excluding tert-OH is 1. The van der Waals surface area contributed by atoms with E-state index in [4.69, 9.17) is 11.6 Å². The van der Waals surface area contributed by atoms with Gasteiger partial charge in [0.1, 0.15) is 16.5 Å². The first-order valence-corrected chi connectivity index (χ1v) is 11.0. The fourth-order valence-electron chi connectivity index (χ4n) is 3.17. The molecule has 0 atom stereocenters. The van der Waals surface area contributed by atoms with Crippen molar-refractivity contribution in [3.05, 3.63) is 58.1 Å².